The second-order valence-electron chi connectivity index (χ2n) is 5.90. The highest BCUT2D eigenvalue weighted by molar-refractivity contribution is 7.14. The first-order valence-corrected chi connectivity index (χ1v) is 9.76. The fourth-order valence-electron chi connectivity index (χ4n) is 2.46. The Hall–Kier alpha value is -2.66. The van der Waals surface area contributed by atoms with E-state index in [1.807, 2.05) is 60.0 Å². The van der Waals surface area contributed by atoms with Gasteiger partial charge < -0.3 is 4.74 Å². The number of hydrazone groups is 1. The van der Waals surface area contributed by atoms with Crippen molar-refractivity contribution in [2.75, 3.05) is 12.0 Å². The fraction of sp³-hybridized carbons (Fsp3) is 0.238. The first-order valence-electron chi connectivity index (χ1n) is 8.88. The summed E-state index contributed by atoms with van der Waals surface area (Å²) in [5.41, 5.74) is 6.05. The minimum Gasteiger partial charge on any atom is -0.494 e. The molecule has 1 aromatic heterocycles. The van der Waals surface area contributed by atoms with Gasteiger partial charge in [-0.3, -0.25) is 5.43 Å². The van der Waals surface area contributed by atoms with Crippen molar-refractivity contribution < 1.29 is 4.74 Å². The molecular formula is C21H23N3OS. The molecule has 0 fully saturated rings. The van der Waals surface area contributed by atoms with E-state index in [0.717, 1.165) is 40.7 Å². The lowest BCUT2D eigenvalue weighted by Crippen LogP contribution is -1.97. The summed E-state index contributed by atoms with van der Waals surface area (Å²) in [5, 5.41) is 7.08. The van der Waals surface area contributed by atoms with E-state index in [4.69, 9.17) is 4.74 Å². The minimum atomic E-state index is 0.758. The predicted molar refractivity (Wildman–Crippen MR) is 110 cm³/mol. The molecule has 0 atom stereocenters. The Kier molecular flexibility index (Phi) is 6.79. The molecule has 0 spiro atoms. The molecule has 3 rings (SSSR count). The number of anilines is 1. The molecule has 0 amide bonds. The van der Waals surface area contributed by atoms with Crippen LogP contribution in [0.1, 0.15) is 31.7 Å². The van der Waals surface area contributed by atoms with Gasteiger partial charge in [-0.05, 0) is 24.1 Å². The van der Waals surface area contributed by atoms with Crippen molar-refractivity contribution in [2.45, 2.75) is 26.2 Å². The number of aromatic nitrogens is 1. The molecule has 1 N–H and O–H groups in total. The van der Waals surface area contributed by atoms with E-state index in [2.05, 4.69) is 22.4 Å². The number of thiazole rings is 1. The number of rotatable bonds is 9. The third kappa shape index (κ3) is 5.43. The number of ether oxygens (including phenoxy) is 1. The maximum atomic E-state index is 5.77. The molecule has 26 heavy (non-hydrogen) atoms. The number of hydrogen-bond donors (Lipinski definition) is 1. The van der Waals surface area contributed by atoms with Crippen LogP contribution in [0, 0.1) is 0 Å². The maximum Gasteiger partial charge on any atom is 0.203 e. The molecule has 0 saturated heterocycles. The Labute approximate surface area is 158 Å². The van der Waals surface area contributed by atoms with Crippen LogP contribution in [0.2, 0.25) is 0 Å². The zero-order valence-electron chi connectivity index (χ0n) is 14.9. The molecule has 0 aliphatic heterocycles. The maximum absolute atomic E-state index is 5.77. The molecule has 0 bridgehead atoms. The largest absolute Gasteiger partial charge is 0.494 e. The summed E-state index contributed by atoms with van der Waals surface area (Å²) in [4.78, 5) is 4.56. The van der Waals surface area contributed by atoms with Crippen molar-refractivity contribution in [1.82, 2.24) is 4.98 Å². The summed E-state index contributed by atoms with van der Waals surface area (Å²) in [6.07, 6.45) is 5.26. The number of nitrogens with zero attached hydrogens (tertiary/aromatic N) is 2. The smallest absolute Gasteiger partial charge is 0.203 e. The lowest BCUT2D eigenvalue weighted by atomic mass is 10.2. The van der Waals surface area contributed by atoms with Crippen LogP contribution in [0.5, 0.6) is 5.75 Å². The van der Waals surface area contributed by atoms with Gasteiger partial charge >= 0.3 is 0 Å². The van der Waals surface area contributed by atoms with Crippen LogP contribution in [-0.4, -0.2) is 17.8 Å². The molecule has 0 aliphatic rings. The molecule has 2 aromatic carbocycles. The van der Waals surface area contributed by atoms with E-state index in [-0.39, 0.29) is 0 Å². The van der Waals surface area contributed by atoms with Gasteiger partial charge in [-0.15, -0.1) is 11.3 Å². The molecule has 0 radical (unpaired) electrons. The minimum absolute atomic E-state index is 0.758. The summed E-state index contributed by atoms with van der Waals surface area (Å²) in [6, 6.07) is 18.1. The van der Waals surface area contributed by atoms with Gasteiger partial charge in [0.1, 0.15) is 5.75 Å². The third-order valence-electron chi connectivity index (χ3n) is 3.82. The van der Waals surface area contributed by atoms with E-state index in [1.165, 1.54) is 24.2 Å². The Morgan fingerprint density at radius 3 is 2.85 bits per heavy atom. The van der Waals surface area contributed by atoms with Gasteiger partial charge in [0.25, 0.3) is 0 Å². The van der Waals surface area contributed by atoms with Crippen LogP contribution < -0.4 is 10.2 Å². The van der Waals surface area contributed by atoms with Crippen LogP contribution in [0.3, 0.4) is 0 Å². The van der Waals surface area contributed by atoms with Crippen LogP contribution in [0.25, 0.3) is 11.3 Å². The molecule has 5 heteroatoms. The van der Waals surface area contributed by atoms with Crippen molar-refractivity contribution in [1.29, 1.82) is 0 Å². The van der Waals surface area contributed by atoms with Crippen molar-refractivity contribution in [3.05, 3.63) is 65.5 Å². The second kappa shape index (κ2) is 9.73. The Morgan fingerprint density at radius 1 is 1.12 bits per heavy atom. The number of hydrogen-bond acceptors (Lipinski definition) is 5. The molecular weight excluding hydrogens is 342 g/mol. The quantitative estimate of drug-likeness (QED) is 0.295. The summed E-state index contributed by atoms with van der Waals surface area (Å²) < 4.78 is 5.77. The van der Waals surface area contributed by atoms with Crippen molar-refractivity contribution in [3.63, 3.8) is 0 Å². The van der Waals surface area contributed by atoms with Gasteiger partial charge in [-0.1, -0.05) is 62.2 Å². The monoisotopic (exact) mass is 365 g/mol. The molecule has 0 aliphatic carbocycles. The zero-order chi connectivity index (χ0) is 18.0. The molecule has 4 nitrogen and oxygen atoms in total. The standard InChI is InChI=1S/C21H23N3OS/c1-2-3-7-13-25-19-12-8-9-17(14-19)15-22-24-21-23-20(16-26-21)18-10-5-4-6-11-18/h4-6,8-12,14-16H,2-3,7,13H2,1H3,(H,23,24). The lowest BCUT2D eigenvalue weighted by molar-refractivity contribution is 0.306. The summed E-state index contributed by atoms with van der Waals surface area (Å²) in [5.74, 6) is 0.880. The molecule has 134 valence electrons. The highest BCUT2D eigenvalue weighted by atomic mass is 32.1. The average molecular weight is 366 g/mol. The second-order valence-corrected chi connectivity index (χ2v) is 6.76. The molecule has 0 unspecified atom stereocenters. The lowest BCUT2D eigenvalue weighted by Gasteiger charge is -2.06. The van der Waals surface area contributed by atoms with Gasteiger partial charge in [0, 0.05) is 10.9 Å². The van der Waals surface area contributed by atoms with Crippen molar-refractivity contribution >= 4 is 22.7 Å². The SMILES string of the molecule is CCCCCOc1cccc(C=NNc2nc(-c3ccccc3)cs2)c1. The van der Waals surface area contributed by atoms with Gasteiger partial charge in [0.05, 0.1) is 18.5 Å². The number of unbranched alkanes of at least 4 members (excludes halogenated alkanes) is 2. The Balaban J connectivity index is 1.55. The van der Waals surface area contributed by atoms with Gasteiger partial charge in [-0.2, -0.15) is 5.10 Å². The van der Waals surface area contributed by atoms with E-state index in [1.54, 1.807) is 6.21 Å². The summed E-state index contributed by atoms with van der Waals surface area (Å²) in [6.45, 7) is 2.95. The van der Waals surface area contributed by atoms with Gasteiger partial charge in [0.15, 0.2) is 0 Å². The number of nitrogens with one attached hydrogen (secondary N) is 1. The Morgan fingerprint density at radius 2 is 2.00 bits per heavy atom. The normalized spacial score (nSPS) is 11.0. The fourth-order valence-corrected chi connectivity index (χ4v) is 3.12. The van der Waals surface area contributed by atoms with Crippen LogP contribution in [-0.2, 0) is 0 Å². The van der Waals surface area contributed by atoms with E-state index in [9.17, 15) is 0 Å². The van der Waals surface area contributed by atoms with Crippen molar-refractivity contribution in [2.24, 2.45) is 5.10 Å². The summed E-state index contributed by atoms with van der Waals surface area (Å²) in [7, 11) is 0. The first kappa shape index (κ1) is 18.1. The molecule has 0 saturated carbocycles. The Bertz CT molecular complexity index is 830. The first-order chi connectivity index (χ1) is 12.8. The zero-order valence-corrected chi connectivity index (χ0v) is 15.7. The van der Waals surface area contributed by atoms with Crippen LogP contribution in [0.4, 0.5) is 5.13 Å². The highest BCUT2D eigenvalue weighted by Gasteiger charge is 2.02. The predicted octanol–water partition coefficient (Wildman–Crippen LogP) is 5.83. The number of benzene rings is 2. The van der Waals surface area contributed by atoms with Gasteiger partial charge in [-0.25, -0.2) is 4.98 Å². The van der Waals surface area contributed by atoms with Crippen LogP contribution in [0.15, 0.2) is 65.1 Å². The topological polar surface area (TPSA) is 46.5 Å². The van der Waals surface area contributed by atoms with Gasteiger partial charge in [0.2, 0.25) is 5.13 Å². The third-order valence-corrected chi connectivity index (χ3v) is 4.57. The molecule has 1 heterocycles. The summed E-state index contributed by atoms with van der Waals surface area (Å²) >= 11 is 1.54. The van der Waals surface area contributed by atoms with E-state index in [0.29, 0.717) is 0 Å². The van der Waals surface area contributed by atoms with E-state index < -0.39 is 0 Å². The van der Waals surface area contributed by atoms with Crippen molar-refractivity contribution in [3.8, 4) is 17.0 Å². The van der Waals surface area contributed by atoms with E-state index >= 15 is 0 Å². The average Bonchev–Trinajstić information content (AvgIpc) is 3.15. The van der Waals surface area contributed by atoms with Crippen LogP contribution >= 0.6 is 11.3 Å². The highest BCUT2D eigenvalue weighted by Crippen LogP contribution is 2.24. The molecule has 3 aromatic rings.